The van der Waals surface area contributed by atoms with Crippen LogP contribution in [0.3, 0.4) is 0 Å². The quantitative estimate of drug-likeness (QED) is 0.233. The fourth-order valence-corrected chi connectivity index (χ4v) is 8.38. The van der Waals surface area contributed by atoms with Crippen LogP contribution in [0.15, 0.2) is 35.2 Å². The predicted octanol–water partition coefficient (Wildman–Crippen LogP) is 2.02. The summed E-state index contributed by atoms with van der Waals surface area (Å²) in [6, 6.07) is 3.55. The molecule has 1 heterocycles. The summed E-state index contributed by atoms with van der Waals surface area (Å²) in [6.07, 6.45) is 2.12. The molecule has 254 valence electrons. The second-order valence-electron chi connectivity index (χ2n) is 15.2. The lowest BCUT2D eigenvalue weighted by atomic mass is 9.85. The molecule has 46 heavy (non-hydrogen) atoms. The molecule has 3 fully saturated rings. The van der Waals surface area contributed by atoms with Crippen molar-refractivity contribution in [2.75, 3.05) is 12.3 Å². The zero-order valence-corrected chi connectivity index (χ0v) is 28.6. The molecular formula is C33H49N5O7S. The van der Waals surface area contributed by atoms with Gasteiger partial charge in [0, 0.05) is 12.6 Å². The van der Waals surface area contributed by atoms with Gasteiger partial charge in [-0.3, -0.25) is 19.2 Å². The zero-order chi connectivity index (χ0) is 34.4. The number of carbonyl (C=O) groups excluding carboxylic acids is 5. The van der Waals surface area contributed by atoms with E-state index in [4.69, 9.17) is 5.73 Å². The summed E-state index contributed by atoms with van der Waals surface area (Å²) < 4.78 is 26.2. The van der Waals surface area contributed by atoms with Crippen LogP contribution >= 0.6 is 0 Å². The van der Waals surface area contributed by atoms with Crippen LogP contribution in [0.1, 0.15) is 67.7 Å². The monoisotopic (exact) mass is 659 g/mol. The molecule has 0 bridgehead atoms. The van der Waals surface area contributed by atoms with E-state index >= 15 is 0 Å². The van der Waals surface area contributed by atoms with E-state index in [1.54, 1.807) is 52.8 Å². The number of nitrogens with zero attached hydrogens (tertiary/aromatic N) is 1. The highest BCUT2D eigenvalue weighted by Gasteiger charge is 2.70. The highest BCUT2D eigenvalue weighted by Crippen LogP contribution is 2.65. The fourth-order valence-electron chi connectivity index (χ4n) is 6.68. The summed E-state index contributed by atoms with van der Waals surface area (Å²) in [4.78, 5) is 67.4. The number of nitrogens with one attached hydrogen (secondary N) is 3. The normalized spacial score (nSPS) is 23.9. The zero-order valence-electron chi connectivity index (χ0n) is 27.8. The minimum Gasteiger partial charge on any atom is -0.363 e. The molecule has 12 nitrogen and oxygen atoms in total. The minimum atomic E-state index is -3.71. The van der Waals surface area contributed by atoms with Crippen molar-refractivity contribution in [3.05, 3.63) is 30.3 Å². The molecule has 4 rings (SSSR count). The van der Waals surface area contributed by atoms with Crippen molar-refractivity contribution < 1.29 is 32.4 Å². The van der Waals surface area contributed by atoms with E-state index in [9.17, 15) is 32.4 Å². The lowest BCUT2D eigenvalue weighted by Crippen LogP contribution is -2.62. The lowest BCUT2D eigenvalue weighted by molar-refractivity contribution is -0.145. The van der Waals surface area contributed by atoms with E-state index in [1.807, 2.05) is 13.8 Å². The number of fused-ring (bicyclic) bond motifs is 1. The summed E-state index contributed by atoms with van der Waals surface area (Å²) in [7, 11) is -3.71. The number of rotatable bonds is 13. The molecule has 1 saturated heterocycles. The number of piperidine rings is 1. The van der Waals surface area contributed by atoms with Gasteiger partial charge in [0.25, 0.3) is 5.91 Å². The second kappa shape index (κ2) is 13.0. The third kappa shape index (κ3) is 7.72. The molecule has 2 saturated carbocycles. The Morgan fingerprint density at radius 2 is 1.61 bits per heavy atom. The standard InChI is InChI=1S/C33H49N5O7S/c1-18(2)23(17-46(44,45)20-11-9-8-10-12-20)36-31(43)37-27(32(3,4)5)30(42)38-16-21-24(33(21,6)7)25(38)29(41)35-22(15-19-13-14-19)26(39)28(34)40/h8-12,18-19,21-25,27H,13-17H2,1-7H3,(H2,34,40)(H,35,41)(H2,36,37,43)/t21-,22?,23+,24-,25-,27+/m0/s1. The van der Waals surface area contributed by atoms with Crippen LogP contribution in [-0.4, -0.2) is 79.3 Å². The summed E-state index contributed by atoms with van der Waals surface area (Å²) in [5.74, 6) is -3.40. The molecule has 0 aromatic heterocycles. The molecule has 0 radical (unpaired) electrons. The number of primary amides is 1. The average molecular weight is 660 g/mol. The van der Waals surface area contributed by atoms with E-state index in [-0.39, 0.29) is 39.7 Å². The Bertz CT molecular complexity index is 1470. The lowest BCUT2D eigenvalue weighted by Gasteiger charge is -2.38. The SMILES string of the molecule is CC(C)[C@@H](CS(=O)(=O)c1ccccc1)NC(=O)N[C@H](C(=O)N1C[C@H]2[C@@H]([C@H]1C(=O)NC(CC1CC1)C(=O)C(N)=O)C2(C)C)C(C)(C)C. The molecule has 1 unspecified atom stereocenters. The Kier molecular flexibility index (Phi) is 9.97. The summed E-state index contributed by atoms with van der Waals surface area (Å²) >= 11 is 0. The Labute approximate surface area is 271 Å². The van der Waals surface area contributed by atoms with Gasteiger partial charge in [-0.2, -0.15) is 0 Å². The number of nitrogens with two attached hydrogens (primary N) is 1. The van der Waals surface area contributed by atoms with Gasteiger partial charge < -0.3 is 26.6 Å². The van der Waals surface area contributed by atoms with Gasteiger partial charge in [0.1, 0.15) is 12.1 Å². The molecule has 0 spiro atoms. The Hall–Kier alpha value is -3.48. The highest BCUT2D eigenvalue weighted by molar-refractivity contribution is 7.91. The predicted molar refractivity (Wildman–Crippen MR) is 172 cm³/mol. The Morgan fingerprint density at radius 3 is 2.13 bits per heavy atom. The highest BCUT2D eigenvalue weighted by atomic mass is 32.2. The maximum absolute atomic E-state index is 14.2. The first kappa shape index (κ1) is 35.4. The number of carbonyl (C=O) groups is 5. The van der Waals surface area contributed by atoms with Gasteiger partial charge in [0.05, 0.1) is 16.7 Å². The van der Waals surface area contributed by atoms with E-state index < -0.39 is 69.0 Å². The van der Waals surface area contributed by atoms with E-state index in [0.717, 1.165) is 12.8 Å². The van der Waals surface area contributed by atoms with E-state index in [0.29, 0.717) is 13.0 Å². The topological polar surface area (TPSA) is 185 Å². The van der Waals surface area contributed by atoms with Crippen molar-refractivity contribution in [1.82, 2.24) is 20.9 Å². The van der Waals surface area contributed by atoms with Gasteiger partial charge in [-0.25, -0.2) is 13.2 Å². The van der Waals surface area contributed by atoms with Gasteiger partial charge in [-0.1, -0.05) is 79.5 Å². The van der Waals surface area contributed by atoms with E-state index in [1.165, 1.54) is 17.0 Å². The van der Waals surface area contributed by atoms with Crippen molar-refractivity contribution in [1.29, 1.82) is 0 Å². The number of amides is 5. The van der Waals surface area contributed by atoms with Crippen molar-refractivity contribution in [3.63, 3.8) is 0 Å². The van der Waals surface area contributed by atoms with Crippen molar-refractivity contribution in [2.45, 2.75) is 96.8 Å². The van der Waals surface area contributed by atoms with Crippen LogP contribution in [0.25, 0.3) is 0 Å². The summed E-state index contributed by atoms with van der Waals surface area (Å²) in [5, 5.41) is 8.29. The maximum atomic E-state index is 14.2. The molecule has 1 aromatic rings. The summed E-state index contributed by atoms with van der Waals surface area (Å²) in [5.41, 5.74) is 4.29. The minimum absolute atomic E-state index is 0.0453. The van der Waals surface area contributed by atoms with Crippen LogP contribution in [0.4, 0.5) is 4.79 Å². The molecule has 2 aliphatic carbocycles. The van der Waals surface area contributed by atoms with Gasteiger partial charge in [-0.15, -0.1) is 0 Å². The smallest absolute Gasteiger partial charge is 0.315 e. The number of ketones is 1. The Morgan fingerprint density at radius 1 is 1.00 bits per heavy atom. The van der Waals surface area contributed by atoms with Crippen LogP contribution in [0.2, 0.25) is 0 Å². The second-order valence-corrected chi connectivity index (χ2v) is 17.3. The first-order chi connectivity index (χ1) is 21.3. The van der Waals surface area contributed by atoms with Gasteiger partial charge >= 0.3 is 6.03 Å². The van der Waals surface area contributed by atoms with Crippen LogP contribution in [-0.2, 0) is 29.0 Å². The van der Waals surface area contributed by atoms with Crippen LogP contribution < -0.4 is 21.7 Å². The number of sulfone groups is 1. The van der Waals surface area contributed by atoms with E-state index in [2.05, 4.69) is 16.0 Å². The number of benzene rings is 1. The number of likely N-dealkylation sites (tertiary alicyclic amines) is 1. The molecule has 13 heteroatoms. The number of hydrogen-bond donors (Lipinski definition) is 4. The number of hydrogen-bond acceptors (Lipinski definition) is 7. The van der Waals surface area contributed by atoms with Crippen LogP contribution in [0.5, 0.6) is 0 Å². The van der Waals surface area contributed by atoms with Gasteiger partial charge in [0.2, 0.25) is 17.6 Å². The number of Topliss-reactive ketones (excluding diaryl/α,β-unsaturated/α-hetero) is 1. The fraction of sp³-hybridized carbons (Fsp3) is 0.667. The van der Waals surface area contributed by atoms with Crippen molar-refractivity contribution in [3.8, 4) is 0 Å². The maximum Gasteiger partial charge on any atom is 0.315 e. The Balaban J connectivity index is 1.51. The van der Waals surface area contributed by atoms with Crippen molar-refractivity contribution >= 4 is 39.4 Å². The molecule has 3 aliphatic rings. The molecular weight excluding hydrogens is 610 g/mol. The third-order valence-electron chi connectivity index (χ3n) is 9.91. The molecule has 1 aromatic carbocycles. The molecule has 5 N–H and O–H groups in total. The average Bonchev–Trinajstić information content (AvgIpc) is 3.81. The number of urea groups is 1. The molecule has 1 aliphatic heterocycles. The molecule has 5 amide bonds. The van der Waals surface area contributed by atoms with Gasteiger partial charge in [0.15, 0.2) is 9.84 Å². The van der Waals surface area contributed by atoms with Gasteiger partial charge in [-0.05, 0) is 53.1 Å². The first-order valence-corrected chi connectivity index (χ1v) is 17.7. The summed E-state index contributed by atoms with van der Waals surface area (Å²) in [6.45, 7) is 13.4. The molecule has 6 atom stereocenters. The van der Waals surface area contributed by atoms with Crippen LogP contribution in [0, 0.1) is 34.5 Å². The third-order valence-corrected chi connectivity index (χ3v) is 11.7. The first-order valence-electron chi connectivity index (χ1n) is 16.0. The van der Waals surface area contributed by atoms with Crippen molar-refractivity contribution in [2.24, 2.45) is 40.2 Å². The largest absolute Gasteiger partial charge is 0.363 e.